The second-order valence-electron chi connectivity index (χ2n) is 10.8. The van der Waals surface area contributed by atoms with Crippen molar-refractivity contribution in [2.45, 2.75) is 39.2 Å². The Bertz CT molecular complexity index is 1500. The molecule has 4 N–H and O–H groups in total. The number of nitrogens with one attached hydrogen (secondary N) is 3. The van der Waals surface area contributed by atoms with E-state index in [0.29, 0.717) is 34.8 Å². The minimum Gasteiger partial charge on any atom is -0.393 e. The Morgan fingerprint density at radius 1 is 0.902 bits per heavy atom. The summed E-state index contributed by atoms with van der Waals surface area (Å²) in [6, 6.07) is 15.2. The fraction of sp³-hybridized carbons (Fsp3) is 0.312. The van der Waals surface area contributed by atoms with Crippen LogP contribution < -0.4 is 16.0 Å². The van der Waals surface area contributed by atoms with Gasteiger partial charge in [-0.2, -0.15) is 0 Å². The summed E-state index contributed by atoms with van der Waals surface area (Å²) in [6.07, 6.45) is 5.72. The summed E-state index contributed by atoms with van der Waals surface area (Å²) >= 11 is 0. The van der Waals surface area contributed by atoms with Gasteiger partial charge in [0.1, 0.15) is 11.5 Å². The number of benzene rings is 2. The van der Waals surface area contributed by atoms with Gasteiger partial charge in [-0.1, -0.05) is 13.0 Å². The number of halogens is 1. The molecule has 0 bridgehead atoms. The number of aromatic nitrogens is 1. The van der Waals surface area contributed by atoms with Crippen molar-refractivity contribution in [2.24, 2.45) is 13.0 Å². The standard InChI is InChI=1S/C32H36FN5O3/c1-20-18-22(5-13-29(20)38-16-14-26(39)15-17-38)31(40)36-25-10-11-28(27(33)19-25)34-23-6-8-24(9-7-23)35-32(41)30-12-4-21(2)37(30)3/h4-13,19-20,26,34,39H,14-18H2,1-3H3,(H,35,41)(H,36,40). The summed E-state index contributed by atoms with van der Waals surface area (Å²) in [6.45, 7) is 5.67. The number of allylic oxidation sites excluding steroid dienone is 3. The summed E-state index contributed by atoms with van der Waals surface area (Å²) in [4.78, 5) is 27.8. The number of aliphatic hydroxyl groups excluding tert-OH is 1. The van der Waals surface area contributed by atoms with E-state index < -0.39 is 5.82 Å². The Labute approximate surface area is 239 Å². The predicted molar refractivity (Wildman–Crippen MR) is 160 cm³/mol. The van der Waals surface area contributed by atoms with Crippen molar-refractivity contribution in [3.05, 3.63) is 95.2 Å². The quantitative estimate of drug-likeness (QED) is 0.298. The lowest BCUT2D eigenvalue weighted by atomic mass is 9.90. The molecule has 2 aromatic carbocycles. The number of hydrogen-bond acceptors (Lipinski definition) is 5. The Morgan fingerprint density at radius 2 is 1.56 bits per heavy atom. The van der Waals surface area contributed by atoms with Crippen LogP contribution in [0.5, 0.6) is 0 Å². The first-order chi connectivity index (χ1) is 19.7. The first-order valence-electron chi connectivity index (χ1n) is 13.9. The molecule has 1 saturated heterocycles. The molecule has 1 aliphatic carbocycles. The molecule has 1 atom stereocenters. The zero-order chi connectivity index (χ0) is 29.1. The van der Waals surface area contributed by atoms with E-state index in [4.69, 9.17) is 0 Å². The maximum atomic E-state index is 14.9. The Balaban J connectivity index is 1.17. The maximum absolute atomic E-state index is 14.9. The largest absolute Gasteiger partial charge is 0.393 e. The van der Waals surface area contributed by atoms with Crippen molar-refractivity contribution in [1.29, 1.82) is 0 Å². The normalized spacial score (nSPS) is 17.5. The van der Waals surface area contributed by atoms with Crippen molar-refractivity contribution in [3.8, 4) is 0 Å². The molecule has 214 valence electrons. The Kier molecular flexibility index (Phi) is 8.26. The van der Waals surface area contributed by atoms with Crippen LogP contribution in [-0.4, -0.2) is 45.6 Å². The van der Waals surface area contributed by atoms with Crippen LogP contribution in [0.1, 0.15) is 42.4 Å². The van der Waals surface area contributed by atoms with E-state index in [-0.39, 0.29) is 29.5 Å². The van der Waals surface area contributed by atoms with Crippen LogP contribution in [0.2, 0.25) is 0 Å². The Hall–Kier alpha value is -4.37. The lowest BCUT2D eigenvalue weighted by molar-refractivity contribution is -0.113. The van der Waals surface area contributed by atoms with Crippen LogP contribution in [0.3, 0.4) is 0 Å². The molecule has 3 aromatic rings. The third-order valence-corrected chi connectivity index (χ3v) is 7.86. The lowest BCUT2D eigenvalue weighted by Gasteiger charge is -2.37. The third-order valence-electron chi connectivity index (χ3n) is 7.86. The first kappa shape index (κ1) is 28.2. The minimum absolute atomic E-state index is 0.182. The van der Waals surface area contributed by atoms with Crippen LogP contribution in [0.25, 0.3) is 0 Å². The van der Waals surface area contributed by atoms with E-state index in [1.165, 1.54) is 11.8 Å². The number of rotatable bonds is 7. The van der Waals surface area contributed by atoms with Gasteiger partial charge in [0, 0.05) is 60.1 Å². The molecule has 1 unspecified atom stereocenters. The summed E-state index contributed by atoms with van der Waals surface area (Å²) in [5, 5.41) is 18.5. The van der Waals surface area contributed by atoms with Crippen LogP contribution in [0.15, 0.2) is 78.0 Å². The van der Waals surface area contributed by atoms with Gasteiger partial charge in [-0.25, -0.2) is 4.39 Å². The minimum atomic E-state index is -0.500. The number of nitrogens with zero attached hydrogens (tertiary/aromatic N) is 2. The molecule has 1 aromatic heterocycles. The molecular weight excluding hydrogens is 521 g/mol. The Morgan fingerprint density at radius 3 is 2.20 bits per heavy atom. The van der Waals surface area contributed by atoms with Gasteiger partial charge in [0.15, 0.2) is 0 Å². The van der Waals surface area contributed by atoms with Gasteiger partial charge in [0.05, 0.1) is 11.8 Å². The molecule has 9 heteroatoms. The van der Waals surface area contributed by atoms with Gasteiger partial charge in [-0.05, 0) is 86.9 Å². The topological polar surface area (TPSA) is 98.6 Å². The smallest absolute Gasteiger partial charge is 0.272 e. The highest BCUT2D eigenvalue weighted by molar-refractivity contribution is 6.04. The van der Waals surface area contributed by atoms with Gasteiger partial charge in [0.25, 0.3) is 11.8 Å². The maximum Gasteiger partial charge on any atom is 0.272 e. The highest BCUT2D eigenvalue weighted by Gasteiger charge is 2.26. The summed E-state index contributed by atoms with van der Waals surface area (Å²) in [5.41, 5.74) is 5.32. The van der Waals surface area contributed by atoms with Crippen LogP contribution in [0.4, 0.5) is 27.1 Å². The van der Waals surface area contributed by atoms with E-state index in [2.05, 4.69) is 27.8 Å². The first-order valence-corrected chi connectivity index (χ1v) is 13.9. The molecule has 1 fully saturated rings. The number of likely N-dealkylation sites (tertiary alicyclic amines) is 1. The number of aryl methyl sites for hydroxylation is 1. The van der Waals surface area contributed by atoms with Crippen LogP contribution in [-0.2, 0) is 11.8 Å². The monoisotopic (exact) mass is 557 g/mol. The van der Waals surface area contributed by atoms with Crippen LogP contribution in [0, 0.1) is 18.7 Å². The van der Waals surface area contributed by atoms with Crippen molar-refractivity contribution < 1.29 is 19.1 Å². The van der Waals surface area contributed by atoms with Crippen molar-refractivity contribution >= 4 is 34.6 Å². The van der Waals surface area contributed by atoms with Crippen LogP contribution >= 0.6 is 0 Å². The van der Waals surface area contributed by atoms with E-state index in [1.807, 2.05) is 36.8 Å². The SMILES string of the molecule is Cc1ccc(C(=O)Nc2ccc(Nc3ccc(NC(=O)C4=CC=C(N5CCC(O)CC5)C(C)C4)cc3F)cc2)n1C. The zero-order valence-electron chi connectivity index (χ0n) is 23.6. The van der Waals surface area contributed by atoms with Crippen molar-refractivity contribution in [3.63, 3.8) is 0 Å². The van der Waals surface area contributed by atoms with Gasteiger partial charge in [0.2, 0.25) is 0 Å². The molecule has 0 radical (unpaired) electrons. The number of hydrogen-bond donors (Lipinski definition) is 4. The molecule has 41 heavy (non-hydrogen) atoms. The van der Waals surface area contributed by atoms with Gasteiger partial charge < -0.3 is 30.5 Å². The van der Waals surface area contributed by atoms with E-state index in [1.54, 1.807) is 42.5 Å². The number of carbonyl (C=O) groups excluding carboxylic acids is 2. The molecule has 1 aliphatic heterocycles. The molecule has 0 saturated carbocycles. The average Bonchev–Trinajstić information content (AvgIpc) is 3.29. The molecule has 0 spiro atoms. The summed E-state index contributed by atoms with van der Waals surface area (Å²) in [5.74, 6) is -0.770. The zero-order valence-corrected chi connectivity index (χ0v) is 23.6. The van der Waals surface area contributed by atoms with Crippen molar-refractivity contribution in [1.82, 2.24) is 9.47 Å². The van der Waals surface area contributed by atoms with Crippen molar-refractivity contribution in [2.75, 3.05) is 29.0 Å². The molecule has 8 nitrogen and oxygen atoms in total. The molecule has 2 amide bonds. The lowest BCUT2D eigenvalue weighted by Crippen LogP contribution is -2.37. The number of piperidine rings is 1. The fourth-order valence-electron chi connectivity index (χ4n) is 5.30. The molecular formula is C32H36FN5O3. The number of carbonyl (C=O) groups is 2. The number of amides is 2. The number of anilines is 4. The van der Waals surface area contributed by atoms with E-state index >= 15 is 0 Å². The molecule has 2 aliphatic rings. The van der Waals surface area contributed by atoms with Gasteiger partial charge in [-0.15, -0.1) is 0 Å². The van der Waals surface area contributed by atoms with E-state index in [0.717, 1.165) is 31.6 Å². The van der Waals surface area contributed by atoms with E-state index in [9.17, 15) is 19.1 Å². The second-order valence-corrected chi connectivity index (χ2v) is 10.8. The molecule has 2 heterocycles. The van der Waals surface area contributed by atoms with Gasteiger partial charge >= 0.3 is 0 Å². The third kappa shape index (κ3) is 6.52. The molecule has 5 rings (SSSR count). The summed E-state index contributed by atoms with van der Waals surface area (Å²) in [7, 11) is 1.84. The highest BCUT2D eigenvalue weighted by atomic mass is 19.1. The second kappa shape index (κ2) is 12.0. The fourth-order valence-corrected chi connectivity index (χ4v) is 5.30. The number of aliphatic hydroxyl groups is 1. The average molecular weight is 558 g/mol. The summed E-state index contributed by atoms with van der Waals surface area (Å²) < 4.78 is 16.8. The predicted octanol–water partition coefficient (Wildman–Crippen LogP) is 5.71. The highest BCUT2D eigenvalue weighted by Crippen LogP contribution is 2.31. The van der Waals surface area contributed by atoms with Gasteiger partial charge in [-0.3, -0.25) is 9.59 Å².